The van der Waals surface area contributed by atoms with E-state index in [0.717, 1.165) is 38.5 Å². The maximum absolute atomic E-state index is 14.3. The molecule has 5 aromatic rings. The van der Waals surface area contributed by atoms with E-state index >= 15 is 0 Å². The van der Waals surface area contributed by atoms with Gasteiger partial charge < -0.3 is 9.88 Å². The molecule has 1 atom stereocenters. The van der Waals surface area contributed by atoms with Crippen LogP contribution in [0.5, 0.6) is 0 Å². The lowest BCUT2D eigenvalue weighted by molar-refractivity contribution is 0.623. The number of aryl methyl sites for hydroxylation is 2. The topological polar surface area (TPSA) is 61.0 Å². The van der Waals surface area contributed by atoms with Crippen LogP contribution in [0, 0.1) is 12.7 Å². The fourth-order valence-corrected chi connectivity index (χ4v) is 5.25. The first-order valence-corrected chi connectivity index (χ1v) is 11.4. The summed E-state index contributed by atoms with van der Waals surface area (Å²) in [7, 11) is 3.17. The highest BCUT2D eigenvalue weighted by Crippen LogP contribution is 2.45. The Labute approximate surface area is 200 Å². The first-order chi connectivity index (χ1) is 16.9. The van der Waals surface area contributed by atoms with Gasteiger partial charge in [-0.2, -0.15) is 0 Å². The van der Waals surface area contributed by atoms with Gasteiger partial charge in [-0.15, -0.1) is 0 Å². The quantitative estimate of drug-likeness (QED) is 0.412. The van der Waals surface area contributed by atoms with Crippen molar-refractivity contribution in [1.29, 1.82) is 0 Å². The summed E-state index contributed by atoms with van der Waals surface area (Å²) in [5, 5.41) is 3.99. The molecule has 0 radical (unpaired) electrons. The first kappa shape index (κ1) is 21.2. The second-order valence-electron chi connectivity index (χ2n) is 8.96. The van der Waals surface area contributed by atoms with Crippen LogP contribution in [0.4, 0.5) is 10.1 Å². The molecule has 1 aliphatic rings. The normalized spacial score (nSPS) is 14.5. The lowest BCUT2D eigenvalue weighted by Crippen LogP contribution is -2.37. The van der Waals surface area contributed by atoms with E-state index in [-0.39, 0.29) is 11.4 Å². The van der Waals surface area contributed by atoms with Crippen molar-refractivity contribution in [3.63, 3.8) is 0 Å². The average molecular weight is 467 g/mol. The molecule has 7 heteroatoms. The predicted octanol–water partition coefficient (Wildman–Crippen LogP) is 4.66. The van der Waals surface area contributed by atoms with E-state index in [4.69, 9.17) is 0 Å². The molecule has 35 heavy (non-hydrogen) atoms. The summed E-state index contributed by atoms with van der Waals surface area (Å²) in [4.78, 5) is 26.8. The standard InChI is InChI=1S/C28H23FN4O2/c1-16-9-4-5-12-19(16)24-22-25(31(2)28(35)32(3)27(22)34)26-23(17-10-8-11-18(29)15-17)30-20-13-6-7-14-21(20)33(24)26/h4-15,23,30H,1-3H3/t23-/m0/s1. The molecular weight excluding hydrogens is 443 g/mol. The molecule has 174 valence electrons. The van der Waals surface area contributed by atoms with E-state index in [0.29, 0.717) is 16.5 Å². The van der Waals surface area contributed by atoms with Crippen molar-refractivity contribution in [2.24, 2.45) is 14.1 Å². The molecule has 0 amide bonds. The molecule has 3 heterocycles. The number of hydrogen-bond donors (Lipinski definition) is 1. The van der Waals surface area contributed by atoms with Crippen LogP contribution in [0.2, 0.25) is 0 Å². The van der Waals surface area contributed by atoms with Crippen molar-refractivity contribution in [2.75, 3.05) is 5.32 Å². The van der Waals surface area contributed by atoms with Gasteiger partial charge in [-0.1, -0.05) is 48.5 Å². The average Bonchev–Trinajstić information content (AvgIpc) is 3.22. The monoisotopic (exact) mass is 466 g/mol. The van der Waals surface area contributed by atoms with Crippen molar-refractivity contribution in [1.82, 2.24) is 13.7 Å². The smallest absolute Gasteiger partial charge is 0.331 e. The van der Waals surface area contributed by atoms with Gasteiger partial charge in [-0.05, 0) is 42.3 Å². The van der Waals surface area contributed by atoms with E-state index in [1.54, 1.807) is 13.1 Å². The number of halogens is 1. The van der Waals surface area contributed by atoms with Crippen LogP contribution in [-0.2, 0) is 14.1 Å². The zero-order valence-electron chi connectivity index (χ0n) is 19.5. The Morgan fingerprint density at radius 3 is 2.40 bits per heavy atom. The number of nitrogens with zero attached hydrogens (tertiary/aromatic N) is 3. The molecule has 0 fully saturated rings. The summed E-state index contributed by atoms with van der Waals surface area (Å²) in [5.74, 6) is -0.352. The molecule has 6 nitrogen and oxygen atoms in total. The molecule has 0 saturated carbocycles. The van der Waals surface area contributed by atoms with Gasteiger partial charge in [-0.3, -0.25) is 13.9 Å². The molecule has 1 aliphatic heterocycles. The van der Waals surface area contributed by atoms with Crippen LogP contribution < -0.4 is 16.6 Å². The summed E-state index contributed by atoms with van der Waals surface area (Å²) in [6.07, 6.45) is 0. The number of rotatable bonds is 2. The van der Waals surface area contributed by atoms with Gasteiger partial charge in [0.1, 0.15) is 5.82 Å². The van der Waals surface area contributed by atoms with E-state index in [1.807, 2.05) is 61.5 Å². The minimum atomic E-state index is -0.487. The molecule has 0 unspecified atom stereocenters. The Hall–Kier alpha value is -4.39. The third-order valence-electron chi connectivity index (χ3n) is 6.91. The Morgan fingerprint density at radius 1 is 0.886 bits per heavy atom. The number of benzene rings is 3. The van der Waals surface area contributed by atoms with Gasteiger partial charge in [-0.25, -0.2) is 9.18 Å². The first-order valence-electron chi connectivity index (χ1n) is 11.4. The molecular formula is C28H23FN4O2. The van der Waals surface area contributed by atoms with Gasteiger partial charge in [0.2, 0.25) is 0 Å². The lowest BCUT2D eigenvalue weighted by Gasteiger charge is -2.31. The number of anilines is 1. The van der Waals surface area contributed by atoms with Crippen LogP contribution in [-0.4, -0.2) is 13.7 Å². The van der Waals surface area contributed by atoms with Crippen molar-refractivity contribution >= 4 is 16.6 Å². The van der Waals surface area contributed by atoms with Crippen molar-refractivity contribution in [2.45, 2.75) is 13.0 Å². The minimum absolute atomic E-state index is 0.352. The third-order valence-corrected chi connectivity index (χ3v) is 6.91. The van der Waals surface area contributed by atoms with E-state index in [9.17, 15) is 14.0 Å². The summed E-state index contributed by atoms with van der Waals surface area (Å²) in [6, 6.07) is 21.6. The third kappa shape index (κ3) is 2.94. The van der Waals surface area contributed by atoms with E-state index < -0.39 is 11.7 Å². The van der Waals surface area contributed by atoms with Crippen LogP contribution in [0.3, 0.4) is 0 Å². The number of aromatic nitrogens is 3. The predicted molar refractivity (Wildman–Crippen MR) is 136 cm³/mol. The highest BCUT2D eigenvalue weighted by atomic mass is 19.1. The summed E-state index contributed by atoms with van der Waals surface area (Å²) in [5.41, 5.74) is 5.52. The lowest BCUT2D eigenvalue weighted by atomic mass is 9.99. The molecule has 0 spiro atoms. The summed E-state index contributed by atoms with van der Waals surface area (Å²) < 4.78 is 19.1. The summed E-state index contributed by atoms with van der Waals surface area (Å²) in [6.45, 7) is 2.00. The molecule has 3 aromatic carbocycles. The van der Waals surface area contributed by atoms with Crippen LogP contribution >= 0.6 is 0 Å². The Bertz CT molecular complexity index is 1780. The number of hydrogen-bond acceptors (Lipinski definition) is 3. The van der Waals surface area contributed by atoms with Crippen LogP contribution in [0.25, 0.3) is 27.8 Å². The van der Waals surface area contributed by atoms with Crippen molar-refractivity contribution < 1.29 is 4.39 Å². The Kier molecular flexibility index (Phi) is 4.57. The highest BCUT2D eigenvalue weighted by Gasteiger charge is 2.35. The molecule has 2 aromatic heterocycles. The van der Waals surface area contributed by atoms with Gasteiger partial charge in [0.05, 0.1) is 39.7 Å². The Morgan fingerprint density at radius 2 is 1.63 bits per heavy atom. The fourth-order valence-electron chi connectivity index (χ4n) is 5.25. The zero-order valence-corrected chi connectivity index (χ0v) is 19.5. The van der Waals surface area contributed by atoms with E-state index in [1.165, 1.54) is 23.7 Å². The van der Waals surface area contributed by atoms with Crippen LogP contribution in [0.15, 0.2) is 82.4 Å². The molecule has 0 aliphatic carbocycles. The number of nitrogens with one attached hydrogen (secondary N) is 1. The maximum Gasteiger partial charge on any atom is 0.331 e. The fraction of sp³-hybridized carbons (Fsp3) is 0.143. The van der Waals surface area contributed by atoms with Crippen LogP contribution in [0.1, 0.15) is 22.9 Å². The molecule has 0 bridgehead atoms. The minimum Gasteiger partial charge on any atom is -0.371 e. The maximum atomic E-state index is 14.3. The zero-order chi connectivity index (χ0) is 24.4. The number of para-hydroxylation sites is 2. The Balaban J connectivity index is 1.89. The second-order valence-corrected chi connectivity index (χ2v) is 8.96. The number of fused-ring (bicyclic) bond motifs is 5. The SMILES string of the molecule is Cc1ccccc1-c1c2c(=O)n(C)c(=O)n(C)c2c2n1-c1ccccc1N[C@H]2c1cccc(F)c1. The van der Waals surface area contributed by atoms with Gasteiger partial charge in [0, 0.05) is 19.7 Å². The van der Waals surface area contributed by atoms with Crippen molar-refractivity contribution in [3.05, 3.63) is 116 Å². The van der Waals surface area contributed by atoms with Gasteiger partial charge in [0.15, 0.2) is 0 Å². The largest absolute Gasteiger partial charge is 0.371 e. The van der Waals surface area contributed by atoms with Gasteiger partial charge >= 0.3 is 5.69 Å². The molecule has 6 rings (SSSR count). The molecule has 0 saturated heterocycles. The molecule has 1 N–H and O–H groups in total. The van der Waals surface area contributed by atoms with E-state index in [2.05, 4.69) is 9.88 Å². The van der Waals surface area contributed by atoms with Gasteiger partial charge in [0.25, 0.3) is 5.56 Å². The van der Waals surface area contributed by atoms with Crippen molar-refractivity contribution in [3.8, 4) is 16.9 Å². The second kappa shape index (κ2) is 7.56. The summed E-state index contributed by atoms with van der Waals surface area (Å²) >= 11 is 0. The highest BCUT2D eigenvalue weighted by molar-refractivity contribution is 5.99.